The molecule has 3 heterocycles. The number of ether oxygens (including phenoxy) is 2. The summed E-state index contributed by atoms with van der Waals surface area (Å²) in [6.07, 6.45) is 2.87. The maximum absolute atomic E-state index is 13.2. The minimum Gasteiger partial charge on any atom is -0.492 e. The number of aromatic nitrogens is 2. The molecule has 210 valence electrons. The molecule has 0 saturated carbocycles. The van der Waals surface area contributed by atoms with E-state index in [4.69, 9.17) is 9.47 Å². The molecule has 39 heavy (non-hydrogen) atoms. The number of fused-ring (bicyclic) bond motifs is 1. The van der Waals surface area contributed by atoms with Crippen LogP contribution in [-0.2, 0) is 4.74 Å². The van der Waals surface area contributed by atoms with Gasteiger partial charge in [-0.1, -0.05) is 12.1 Å². The number of aryl methyl sites for hydroxylation is 1. The fourth-order valence-corrected chi connectivity index (χ4v) is 4.38. The van der Waals surface area contributed by atoms with E-state index in [0.717, 1.165) is 49.6 Å². The van der Waals surface area contributed by atoms with Crippen molar-refractivity contribution in [2.45, 2.75) is 46.3 Å². The first-order valence-electron chi connectivity index (χ1n) is 13.4. The zero-order valence-corrected chi connectivity index (χ0v) is 23.8. The molecule has 1 atom stereocenters. The Kier molecular flexibility index (Phi) is 8.76. The Bertz CT molecular complexity index is 1310. The van der Waals surface area contributed by atoms with Crippen molar-refractivity contribution >= 4 is 23.3 Å². The van der Waals surface area contributed by atoms with Gasteiger partial charge in [-0.25, -0.2) is 9.78 Å². The van der Waals surface area contributed by atoms with Crippen LogP contribution in [0.25, 0.3) is 5.65 Å². The molecule has 2 N–H and O–H groups in total. The summed E-state index contributed by atoms with van der Waals surface area (Å²) in [4.78, 5) is 34.6. The first-order valence-corrected chi connectivity index (χ1v) is 13.4. The highest BCUT2D eigenvalue weighted by molar-refractivity contribution is 6.04. The van der Waals surface area contributed by atoms with Gasteiger partial charge in [-0.05, 0) is 64.9 Å². The number of pyridine rings is 1. The lowest BCUT2D eigenvalue weighted by Crippen LogP contribution is -2.45. The van der Waals surface area contributed by atoms with Crippen LogP contribution in [0.3, 0.4) is 0 Å². The topological polar surface area (TPSA) is 100 Å². The Labute approximate surface area is 230 Å². The standard InChI is InChI=1S/C29H40N6O4/c1-20-7-8-22(21(2)31-28(37)39-29(3,4)5)17-24(20)32-27(36)25-19-30-26-18-23(9-10-35(25)26)38-16-15-34-13-11-33(6)12-14-34/h7-10,17-19,21H,11-16H2,1-6H3,(H,31,37)(H,32,36). The monoisotopic (exact) mass is 536 g/mol. The molecule has 10 heteroatoms. The summed E-state index contributed by atoms with van der Waals surface area (Å²) in [5, 5.41) is 5.84. The number of nitrogens with zero attached hydrogens (tertiary/aromatic N) is 4. The summed E-state index contributed by atoms with van der Waals surface area (Å²) in [6, 6.07) is 9.10. The molecule has 1 unspecified atom stereocenters. The number of benzene rings is 1. The van der Waals surface area contributed by atoms with Crippen LogP contribution in [0, 0.1) is 6.92 Å². The average Bonchev–Trinajstić information content (AvgIpc) is 3.29. The van der Waals surface area contributed by atoms with E-state index in [1.807, 2.05) is 65.0 Å². The SMILES string of the molecule is Cc1ccc(C(C)NC(=O)OC(C)(C)C)cc1NC(=O)c1cnc2cc(OCCN3CCN(C)CC3)ccn12. The highest BCUT2D eigenvalue weighted by Gasteiger charge is 2.20. The first-order chi connectivity index (χ1) is 18.5. The van der Waals surface area contributed by atoms with Gasteiger partial charge in [0.2, 0.25) is 0 Å². The van der Waals surface area contributed by atoms with Crippen LogP contribution in [0.1, 0.15) is 55.4 Å². The molecular weight excluding hydrogens is 496 g/mol. The van der Waals surface area contributed by atoms with Gasteiger partial charge in [-0.2, -0.15) is 0 Å². The van der Waals surface area contributed by atoms with E-state index < -0.39 is 11.7 Å². The van der Waals surface area contributed by atoms with E-state index in [0.29, 0.717) is 23.6 Å². The smallest absolute Gasteiger partial charge is 0.408 e. The molecule has 1 fully saturated rings. The maximum atomic E-state index is 13.2. The Morgan fingerprint density at radius 2 is 1.85 bits per heavy atom. The summed E-state index contributed by atoms with van der Waals surface area (Å²) >= 11 is 0. The molecule has 0 bridgehead atoms. The van der Waals surface area contributed by atoms with Crippen molar-refractivity contribution in [3.63, 3.8) is 0 Å². The van der Waals surface area contributed by atoms with Crippen molar-refractivity contribution in [3.05, 3.63) is 59.5 Å². The molecule has 1 saturated heterocycles. The van der Waals surface area contributed by atoms with E-state index in [2.05, 4.69) is 32.5 Å². The molecule has 0 radical (unpaired) electrons. The van der Waals surface area contributed by atoms with E-state index in [1.165, 1.54) is 0 Å². The van der Waals surface area contributed by atoms with Crippen molar-refractivity contribution in [1.29, 1.82) is 0 Å². The third-order valence-electron chi connectivity index (χ3n) is 6.73. The Morgan fingerprint density at radius 1 is 1.10 bits per heavy atom. The number of amides is 2. The predicted molar refractivity (Wildman–Crippen MR) is 152 cm³/mol. The van der Waals surface area contributed by atoms with E-state index in [1.54, 1.807) is 16.8 Å². The Hall–Kier alpha value is -3.63. The number of alkyl carbamates (subject to hydrolysis) is 1. The molecule has 1 aliphatic rings. The second-order valence-corrected chi connectivity index (χ2v) is 11.1. The predicted octanol–water partition coefficient (Wildman–Crippen LogP) is 4.11. The van der Waals surface area contributed by atoms with Crippen molar-refractivity contribution < 1.29 is 19.1 Å². The van der Waals surface area contributed by atoms with Crippen LogP contribution in [0.4, 0.5) is 10.5 Å². The fourth-order valence-electron chi connectivity index (χ4n) is 4.38. The van der Waals surface area contributed by atoms with E-state index in [9.17, 15) is 9.59 Å². The van der Waals surface area contributed by atoms with Crippen molar-refractivity contribution in [3.8, 4) is 5.75 Å². The minimum absolute atomic E-state index is 0.278. The van der Waals surface area contributed by atoms with Crippen LogP contribution in [0.5, 0.6) is 5.75 Å². The second-order valence-electron chi connectivity index (χ2n) is 11.1. The molecule has 1 aliphatic heterocycles. The van der Waals surface area contributed by atoms with Crippen LogP contribution in [0.2, 0.25) is 0 Å². The summed E-state index contributed by atoms with van der Waals surface area (Å²) in [5.41, 5.74) is 2.88. The van der Waals surface area contributed by atoms with Gasteiger partial charge < -0.3 is 25.0 Å². The summed E-state index contributed by atoms with van der Waals surface area (Å²) < 4.78 is 13.1. The van der Waals surface area contributed by atoms with Gasteiger partial charge in [0.1, 0.15) is 29.3 Å². The largest absolute Gasteiger partial charge is 0.492 e. The van der Waals surface area contributed by atoms with Gasteiger partial charge in [-0.15, -0.1) is 0 Å². The van der Waals surface area contributed by atoms with Crippen molar-refractivity contribution in [1.82, 2.24) is 24.5 Å². The molecule has 0 spiro atoms. The van der Waals surface area contributed by atoms with Gasteiger partial charge in [0, 0.05) is 50.7 Å². The number of piperazine rings is 1. The second kappa shape index (κ2) is 12.0. The zero-order valence-electron chi connectivity index (χ0n) is 23.8. The molecule has 3 aromatic rings. The number of hydrogen-bond acceptors (Lipinski definition) is 7. The van der Waals surface area contributed by atoms with Gasteiger partial charge >= 0.3 is 6.09 Å². The van der Waals surface area contributed by atoms with Crippen LogP contribution >= 0.6 is 0 Å². The maximum Gasteiger partial charge on any atom is 0.408 e. The minimum atomic E-state index is -0.582. The normalized spacial score (nSPS) is 15.6. The van der Waals surface area contributed by atoms with Gasteiger partial charge in [0.05, 0.1) is 12.2 Å². The van der Waals surface area contributed by atoms with Gasteiger partial charge in [0.15, 0.2) is 0 Å². The van der Waals surface area contributed by atoms with Gasteiger partial charge in [0.25, 0.3) is 5.91 Å². The molecule has 1 aromatic carbocycles. The number of likely N-dealkylation sites (N-methyl/N-ethyl adjacent to an activating group) is 1. The summed E-state index contributed by atoms with van der Waals surface area (Å²) in [6.45, 7) is 15.0. The lowest BCUT2D eigenvalue weighted by molar-refractivity contribution is 0.0507. The highest BCUT2D eigenvalue weighted by Crippen LogP contribution is 2.23. The Balaban J connectivity index is 1.38. The molecule has 2 aromatic heterocycles. The highest BCUT2D eigenvalue weighted by atomic mass is 16.6. The van der Waals surface area contributed by atoms with Gasteiger partial charge in [-0.3, -0.25) is 14.1 Å². The van der Waals surface area contributed by atoms with Crippen LogP contribution < -0.4 is 15.4 Å². The average molecular weight is 537 g/mol. The lowest BCUT2D eigenvalue weighted by atomic mass is 10.0. The molecule has 4 rings (SSSR count). The lowest BCUT2D eigenvalue weighted by Gasteiger charge is -2.32. The number of rotatable bonds is 8. The molecular formula is C29H40N6O4. The molecule has 0 aliphatic carbocycles. The van der Waals surface area contributed by atoms with E-state index in [-0.39, 0.29) is 11.9 Å². The van der Waals surface area contributed by atoms with Crippen LogP contribution in [0.15, 0.2) is 42.7 Å². The zero-order chi connectivity index (χ0) is 28.2. The van der Waals surface area contributed by atoms with Crippen LogP contribution in [-0.4, -0.2) is 83.2 Å². The number of hydrogen-bond donors (Lipinski definition) is 2. The molecule has 2 amide bonds. The van der Waals surface area contributed by atoms with Crippen molar-refractivity contribution in [2.24, 2.45) is 0 Å². The third-order valence-corrected chi connectivity index (χ3v) is 6.73. The molecule has 10 nitrogen and oxygen atoms in total. The number of anilines is 1. The quantitative estimate of drug-likeness (QED) is 0.447. The number of carbonyl (C=O) groups is 2. The Morgan fingerprint density at radius 3 is 2.56 bits per heavy atom. The summed E-state index contributed by atoms with van der Waals surface area (Å²) in [7, 11) is 2.15. The van der Waals surface area contributed by atoms with E-state index >= 15 is 0 Å². The first kappa shape index (κ1) is 28.4. The number of carbonyl (C=O) groups excluding carboxylic acids is 2. The van der Waals surface area contributed by atoms with Crippen molar-refractivity contribution in [2.75, 3.05) is 51.7 Å². The number of imidazole rings is 1. The number of nitrogens with one attached hydrogen (secondary N) is 2. The fraction of sp³-hybridized carbons (Fsp3) is 0.483. The third kappa shape index (κ3) is 7.70. The summed E-state index contributed by atoms with van der Waals surface area (Å²) in [5.74, 6) is 0.448.